The Kier molecular flexibility index (Phi) is 4.29. The quantitative estimate of drug-likeness (QED) is 0.843. The summed E-state index contributed by atoms with van der Waals surface area (Å²) in [6, 6.07) is 1.61. The number of carbonyl (C=O) groups is 1. The molecule has 2 rings (SSSR count). The highest BCUT2D eigenvalue weighted by Gasteiger charge is 2.14. The number of halogens is 1. The molecule has 0 aromatic carbocycles. The molecule has 0 radical (unpaired) electrons. The van der Waals surface area contributed by atoms with E-state index in [9.17, 15) is 4.79 Å². The first-order valence-corrected chi connectivity index (χ1v) is 6.55. The maximum absolute atomic E-state index is 11.7. The van der Waals surface area contributed by atoms with Crippen molar-refractivity contribution >= 4 is 23.4 Å². The fraction of sp³-hybridized carbons (Fsp3) is 0.417. The van der Waals surface area contributed by atoms with Gasteiger partial charge in [-0.1, -0.05) is 11.6 Å². The lowest BCUT2D eigenvalue weighted by Gasteiger charge is -2.07. The van der Waals surface area contributed by atoms with E-state index >= 15 is 0 Å². The fourth-order valence-corrected chi connectivity index (χ4v) is 1.99. The highest BCUT2D eigenvalue weighted by atomic mass is 35.5. The lowest BCUT2D eigenvalue weighted by Crippen LogP contribution is -2.15. The van der Waals surface area contributed by atoms with Crippen molar-refractivity contribution in [2.45, 2.75) is 33.5 Å². The number of nitrogens with two attached hydrogens (primary N) is 1. The van der Waals surface area contributed by atoms with Crippen LogP contribution in [0.25, 0.3) is 0 Å². The molecule has 0 bridgehead atoms. The second kappa shape index (κ2) is 5.96. The van der Waals surface area contributed by atoms with Crippen molar-refractivity contribution in [2.24, 2.45) is 0 Å². The zero-order chi connectivity index (χ0) is 14.7. The topological polar surface area (TPSA) is 88.0 Å². The molecule has 7 nitrogen and oxygen atoms in total. The Morgan fingerprint density at radius 3 is 2.85 bits per heavy atom. The normalized spacial score (nSPS) is 10.8. The van der Waals surface area contributed by atoms with Gasteiger partial charge in [-0.05, 0) is 19.9 Å². The number of aromatic nitrogens is 4. The van der Waals surface area contributed by atoms with E-state index in [1.165, 1.54) is 4.68 Å². The van der Waals surface area contributed by atoms with Gasteiger partial charge in [0.1, 0.15) is 19.0 Å². The molecule has 2 N–H and O–H groups in total. The van der Waals surface area contributed by atoms with Crippen LogP contribution in [0.5, 0.6) is 0 Å². The molecule has 8 heteroatoms. The Bertz CT molecular complexity index is 619. The lowest BCUT2D eigenvalue weighted by atomic mass is 10.4. The number of esters is 1. The van der Waals surface area contributed by atoms with E-state index in [-0.39, 0.29) is 13.2 Å². The molecule has 0 spiro atoms. The highest BCUT2D eigenvalue weighted by Crippen LogP contribution is 2.21. The Morgan fingerprint density at radius 1 is 1.50 bits per heavy atom. The van der Waals surface area contributed by atoms with Crippen molar-refractivity contribution in [3.8, 4) is 0 Å². The first-order valence-electron chi connectivity index (χ1n) is 6.17. The summed E-state index contributed by atoms with van der Waals surface area (Å²) < 4.78 is 8.33. The first kappa shape index (κ1) is 14.4. The van der Waals surface area contributed by atoms with E-state index in [4.69, 9.17) is 22.1 Å². The minimum Gasteiger partial charge on any atom is -0.458 e. The van der Waals surface area contributed by atoms with Crippen LogP contribution in [0.2, 0.25) is 5.02 Å². The number of hydrogen-bond acceptors (Lipinski definition) is 5. The minimum atomic E-state index is -0.411. The van der Waals surface area contributed by atoms with Crippen LogP contribution in [-0.4, -0.2) is 25.5 Å². The number of nitrogens with zero attached hydrogens (tertiary/aromatic N) is 4. The maximum atomic E-state index is 11.7. The third kappa shape index (κ3) is 3.11. The summed E-state index contributed by atoms with van der Waals surface area (Å²) in [5.41, 5.74) is 6.88. The fourth-order valence-electron chi connectivity index (χ4n) is 1.80. The summed E-state index contributed by atoms with van der Waals surface area (Å²) in [6.45, 7) is 4.51. The standard InChI is InChI=1S/C12H16ClN5O2/c1-3-18-9(12(13)8(2)15-18)7-20-11(19)6-17-5-4-10(14)16-17/h4-5H,3,6-7H2,1-2H3,(H2,14,16). The van der Waals surface area contributed by atoms with Crippen LogP contribution in [-0.2, 0) is 29.2 Å². The number of hydrogen-bond donors (Lipinski definition) is 1. The lowest BCUT2D eigenvalue weighted by molar-refractivity contribution is -0.146. The van der Waals surface area contributed by atoms with Gasteiger partial charge in [0.15, 0.2) is 0 Å². The Balaban J connectivity index is 1.96. The highest BCUT2D eigenvalue weighted by molar-refractivity contribution is 6.31. The van der Waals surface area contributed by atoms with E-state index in [1.54, 1.807) is 16.9 Å². The molecule has 0 unspecified atom stereocenters. The predicted molar refractivity (Wildman–Crippen MR) is 74.1 cm³/mol. The van der Waals surface area contributed by atoms with Gasteiger partial charge in [-0.25, -0.2) is 0 Å². The molecular weight excluding hydrogens is 282 g/mol. The van der Waals surface area contributed by atoms with Crippen molar-refractivity contribution in [1.29, 1.82) is 0 Å². The average molecular weight is 298 g/mol. The van der Waals surface area contributed by atoms with Gasteiger partial charge in [-0.15, -0.1) is 0 Å². The van der Waals surface area contributed by atoms with Crippen LogP contribution in [0.4, 0.5) is 5.82 Å². The molecule has 0 atom stereocenters. The van der Waals surface area contributed by atoms with Gasteiger partial charge in [0.25, 0.3) is 0 Å². The van der Waals surface area contributed by atoms with E-state index in [2.05, 4.69) is 10.2 Å². The molecule has 0 aliphatic carbocycles. The Hall–Kier alpha value is -2.02. The molecule has 0 amide bonds. The second-order valence-corrected chi connectivity index (χ2v) is 4.64. The first-order chi connectivity index (χ1) is 9.51. The summed E-state index contributed by atoms with van der Waals surface area (Å²) >= 11 is 6.13. The summed E-state index contributed by atoms with van der Waals surface area (Å²) in [5, 5.41) is 8.69. The number of rotatable bonds is 5. The zero-order valence-corrected chi connectivity index (χ0v) is 12.1. The van der Waals surface area contributed by atoms with Crippen molar-refractivity contribution in [3.05, 3.63) is 28.7 Å². The van der Waals surface area contributed by atoms with Gasteiger partial charge in [-0.2, -0.15) is 10.2 Å². The van der Waals surface area contributed by atoms with Crippen molar-refractivity contribution < 1.29 is 9.53 Å². The molecule has 0 aliphatic rings. The summed E-state index contributed by atoms with van der Waals surface area (Å²) in [7, 11) is 0. The Labute approximate surface area is 121 Å². The van der Waals surface area contributed by atoms with Gasteiger partial charge >= 0.3 is 5.97 Å². The van der Waals surface area contributed by atoms with Crippen LogP contribution in [0.3, 0.4) is 0 Å². The number of ether oxygens (including phenoxy) is 1. The van der Waals surface area contributed by atoms with Crippen LogP contribution in [0.15, 0.2) is 12.3 Å². The smallest absolute Gasteiger partial charge is 0.328 e. The molecule has 0 aliphatic heterocycles. The van der Waals surface area contributed by atoms with Crippen LogP contribution in [0.1, 0.15) is 18.3 Å². The number of carbonyl (C=O) groups excluding carboxylic acids is 1. The molecule has 2 aromatic rings. The predicted octanol–water partition coefficient (Wildman–Crippen LogP) is 1.39. The molecule has 108 valence electrons. The molecule has 0 saturated heterocycles. The van der Waals surface area contributed by atoms with Crippen LogP contribution >= 0.6 is 11.6 Å². The maximum Gasteiger partial charge on any atom is 0.328 e. The largest absolute Gasteiger partial charge is 0.458 e. The number of nitrogen functional groups attached to an aromatic ring is 1. The van der Waals surface area contributed by atoms with E-state index < -0.39 is 5.97 Å². The molecular formula is C12H16ClN5O2. The van der Waals surface area contributed by atoms with Gasteiger partial charge in [0, 0.05) is 12.7 Å². The summed E-state index contributed by atoms with van der Waals surface area (Å²) in [4.78, 5) is 11.7. The SMILES string of the molecule is CCn1nc(C)c(Cl)c1COC(=O)Cn1ccc(N)n1. The van der Waals surface area contributed by atoms with Gasteiger partial charge < -0.3 is 10.5 Å². The molecule has 2 aromatic heterocycles. The zero-order valence-electron chi connectivity index (χ0n) is 11.3. The third-order valence-corrected chi connectivity index (χ3v) is 3.27. The van der Waals surface area contributed by atoms with Gasteiger partial charge in [-0.3, -0.25) is 14.2 Å². The number of aryl methyl sites for hydroxylation is 2. The van der Waals surface area contributed by atoms with Crippen LogP contribution < -0.4 is 5.73 Å². The van der Waals surface area contributed by atoms with Gasteiger partial charge in [0.05, 0.1) is 16.4 Å². The molecule has 20 heavy (non-hydrogen) atoms. The monoisotopic (exact) mass is 297 g/mol. The van der Waals surface area contributed by atoms with Crippen molar-refractivity contribution in [3.63, 3.8) is 0 Å². The summed E-state index contributed by atoms with van der Waals surface area (Å²) in [6.07, 6.45) is 1.62. The third-order valence-electron chi connectivity index (χ3n) is 2.78. The van der Waals surface area contributed by atoms with Gasteiger partial charge in [0.2, 0.25) is 0 Å². The number of anilines is 1. The van der Waals surface area contributed by atoms with Crippen molar-refractivity contribution in [2.75, 3.05) is 5.73 Å². The van der Waals surface area contributed by atoms with E-state index in [0.29, 0.717) is 23.1 Å². The van der Waals surface area contributed by atoms with E-state index in [1.807, 2.05) is 13.8 Å². The van der Waals surface area contributed by atoms with Crippen molar-refractivity contribution in [1.82, 2.24) is 19.6 Å². The van der Waals surface area contributed by atoms with Crippen LogP contribution in [0, 0.1) is 6.92 Å². The molecule has 0 fully saturated rings. The summed E-state index contributed by atoms with van der Waals surface area (Å²) in [5.74, 6) is -0.0498. The average Bonchev–Trinajstić information content (AvgIpc) is 2.92. The molecule has 2 heterocycles. The minimum absolute atomic E-state index is 0.00800. The van der Waals surface area contributed by atoms with E-state index in [0.717, 1.165) is 5.69 Å². The second-order valence-electron chi connectivity index (χ2n) is 4.26. The molecule has 0 saturated carbocycles. The Morgan fingerprint density at radius 2 is 2.25 bits per heavy atom.